The van der Waals surface area contributed by atoms with Crippen LogP contribution in [0.2, 0.25) is 0 Å². The summed E-state index contributed by atoms with van der Waals surface area (Å²) >= 11 is 0. The Morgan fingerprint density at radius 2 is 1.81 bits per heavy atom. The van der Waals surface area contributed by atoms with E-state index in [4.69, 9.17) is 9.47 Å². The molecule has 2 N–H and O–H groups in total. The number of aromatic nitrogens is 2. The first-order chi connectivity index (χ1) is 10.3. The lowest BCUT2D eigenvalue weighted by molar-refractivity contribution is 0.128. The molecule has 0 aromatic carbocycles. The van der Waals surface area contributed by atoms with Crippen molar-refractivity contribution in [3.63, 3.8) is 0 Å². The third-order valence-corrected chi connectivity index (χ3v) is 2.90. The number of nitrogens with zero attached hydrogens (tertiary/aromatic N) is 2. The number of unbranched alkanes of at least 4 members (excludes halogenated alkanes) is 2. The Morgan fingerprint density at radius 1 is 1.05 bits per heavy atom. The molecule has 0 radical (unpaired) electrons. The van der Waals surface area contributed by atoms with Crippen molar-refractivity contribution in [2.45, 2.75) is 39.7 Å². The van der Waals surface area contributed by atoms with E-state index in [2.05, 4.69) is 20.6 Å². The van der Waals surface area contributed by atoms with Gasteiger partial charge in [-0.25, -0.2) is 9.97 Å². The molecule has 0 bridgehead atoms. The molecule has 1 aromatic rings. The van der Waals surface area contributed by atoms with Crippen LogP contribution < -0.4 is 10.6 Å². The van der Waals surface area contributed by atoms with Crippen LogP contribution in [0, 0.1) is 0 Å². The number of rotatable bonds is 12. The molecule has 0 fully saturated rings. The van der Waals surface area contributed by atoms with Crippen molar-refractivity contribution in [1.29, 1.82) is 0 Å². The number of methoxy groups -OCH3 is 1. The quantitative estimate of drug-likeness (QED) is 0.578. The van der Waals surface area contributed by atoms with E-state index in [1.54, 1.807) is 7.11 Å². The summed E-state index contributed by atoms with van der Waals surface area (Å²) in [6.45, 7) is 7.69. The Balaban J connectivity index is 2.48. The van der Waals surface area contributed by atoms with Crippen LogP contribution >= 0.6 is 0 Å². The van der Waals surface area contributed by atoms with Crippen LogP contribution in [-0.2, 0) is 16.1 Å². The van der Waals surface area contributed by atoms with E-state index < -0.39 is 0 Å². The molecule has 0 unspecified atom stereocenters. The summed E-state index contributed by atoms with van der Waals surface area (Å²) in [4.78, 5) is 8.90. The number of ether oxygens (including phenoxy) is 2. The highest BCUT2D eigenvalue weighted by molar-refractivity contribution is 5.47. The van der Waals surface area contributed by atoms with E-state index >= 15 is 0 Å². The normalized spacial score (nSPS) is 10.6. The van der Waals surface area contributed by atoms with Crippen LogP contribution in [0.5, 0.6) is 0 Å². The minimum absolute atomic E-state index is 0.443. The first-order valence-corrected chi connectivity index (χ1v) is 7.72. The SMILES string of the molecule is CCNc1cc(NCCCCCOC)nc(COCC)n1. The van der Waals surface area contributed by atoms with Gasteiger partial charge in [0.15, 0.2) is 5.82 Å². The number of hydrogen-bond acceptors (Lipinski definition) is 6. The van der Waals surface area contributed by atoms with E-state index in [-0.39, 0.29) is 0 Å². The zero-order chi connectivity index (χ0) is 15.3. The van der Waals surface area contributed by atoms with Gasteiger partial charge in [-0.15, -0.1) is 0 Å². The minimum atomic E-state index is 0.443. The molecule has 0 aliphatic carbocycles. The molecule has 0 saturated carbocycles. The van der Waals surface area contributed by atoms with E-state index in [0.717, 1.165) is 50.6 Å². The maximum absolute atomic E-state index is 5.38. The molecular formula is C15H28N4O2. The predicted molar refractivity (Wildman–Crippen MR) is 85.7 cm³/mol. The second-order valence-electron chi connectivity index (χ2n) is 4.70. The highest BCUT2D eigenvalue weighted by Crippen LogP contribution is 2.12. The molecule has 0 amide bonds. The van der Waals surface area contributed by atoms with Crippen LogP contribution in [0.25, 0.3) is 0 Å². The molecule has 0 atom stereocenters. The lowest BCUT2D eigenvalue weighted by Crippen LogP contribution is -2.10. The number of anilines is 2. The van der Waals surface area contributed by atoms with Crippen LogP contribution in [-0.4, -0.2) is 43.4 Å². The molecule has 0 aliphatic rings. The maximum Gasteiger partial charge on any atom is 0.158 e. The van der Waals surface area contributed by atoms with Gasteiger partial charge in [0.2, 0.25) is 0 Å². The second kappa shape index (κ2) is 11.3. The Hall–Kier alpha value is -1.40. The average molecular weight is 296 g/mol. The van der Waals surface area contributed by atoms with Gasteiger partial charge in [-0.3, -0.25) is 0 Å². The van der Waals surface area contributed by atoms with E-state index in [1.807, 2.05) is 19.9 Å². The largest absolute Gasteiger partial charge is 0.385 e. The Labute approximate surface area is 127 Å². The summed E-state index contributed by atoms with van der Waals surface area (Å²) in [5.74, 6) is 2.39. The smallest absolute Gasteiger partial charge is 0.158 e. The van der Waals surface area contributed by atoms with Crippen LogP contribution in [0.4, 0.5) is 11.6 Å². The zero-order valence-corrected chi connectivity index (χ0v) is 13.4. The summed E-state index contributed by atoms with van der Waals surface area (Å²) in [5.41, 5.74) is 0. The summed E-state index contributed by atoms with van der Waals surface area (Å²) in [7, 11) is 1.74. The molecule has 6 nitrogen and oxygen atoms in total. The third kappa shape index (κ3) is 7.82. The summed E-state index contributed by atoms with van der Waals surface area (Å²) in [6.07, 6.45) is 3.35. The highest BCUT2D eigenvalue weighted by Gasteiger charge is 2.04. The van der Waals surface area contributed by atoms with E-state index in [9.17, 15) is 0 Å². The zero-order valence-electron chi connectivity index (χ0n) is 13.4. The monoisotopic (exact) mass is 296 g/mol. The van der Waals surface area contributed by atoms with Crippen molar-refractivity contribution in [3.8, 4) is 0 Å². The van der Waals surface area contributed by atoms with Gasteiger partial charge in [0.1, 0.15) is 18.2 Å². The van der Waals surface area contributed by atoms with Crippen molar-refractivity contribution >= 4 is 11.6 Å². The average Bonchev–Trinajstić information content (AvgIpc) is 2.49. The highest BCUT2D eigenvalue weighted by atomic mass is 16.5. The van der Waals surface area contributed by atoms with Gasteiger partial charge in [-0.05, 0) is 33.1 Å². The molecule has 1 heterocycles. The minimum Gasteiger partial charge on any atom is -0.385 e. The fraction of sp³-hybridized carbons (Fsp3) is 0.733. The van der Waals surface area contributed by atoms with Crippen LogP contribution in [0.15, 0.2) is 6.07 Å². The maximum atomic E-state index is 5.38. The van der Waals surface area contributed by atoms with Gasteiger partial charge < -0.3 is 20.1 Å². The molecule has 21 heavy (non-hydrogen) atoms. The van der Waals surface area contributed by atoms with Gasteiger partial charge in [-0.1, -0.05) is 0 Å². The van der Waals surface area contributed by atoms with E-state index in [0.29, 0.717) is 19.0 Å². The Morgan fingerprint density at radius 3 is 2.48 bits per heavy atom. The molecule has 1 rings (SSSR count). The molecule has 120 valence electrons. The van der Waals surface area contributed by atoms with Gasteiger partial charge in [0, 0.05) is 39.5 Å². The predicted octanol–water partition coefficient (Wildman–Crippen LogP) is 2.67. The standard InChI is InChI=1S/C15H28N4O2/c1-4-16-13-11-14(17-9-7-6-8-10-20-3)19-15(18-13)12-21-5-2/h11H,4-10,12H2,1-3H3,(H2,16,17,18,19). The van der Waals surface area contributed by atoms with Crippen LogP contribution in [0.1, 0.15) is 38.9 Å². The van der Waals surface area contributed by atoms with Gasteiger partial charge in [0.05, 0.1) is 0 Å². The lowest BCUT2D eigenvalue weighted by atomic mass is 10.2. The van der Waals surface area contributed by atoms with Gasteiger partial charge in [0.25, 0.3) is 0 Å². The molecule has 1 aromatic heterocycles. The Bertz CT molecular complexity index is 388. The van der Waals surface area contributed by atoms with Crippen molar-refractivity contribution in [2.24, 2.45) is 0 Å². The van der Waals surface area contributed by atoms with Crippen molar-refractivity contribution in [1.82, 2.24) is 9.97 Å². The molecule has 0 saturated heterocycles. The van der Waals surface area contributed by atoms with Gasteiger partial charge in [-0.2, -0.15) is 0 Å². The summed E-state index contributed by atoms with van der Waals surface area (Å²) in [5, 5.41) is 6.57. The topological polar surface area (TPSA) is 68.3 Å². The first-order valence-electron chi connectivity index (χ1n) is 7.72. The second-order valence-corrected chi connectivity index (χ2v) is 4.70. The van der Waals surface area contributed by atoms with Crippen molar-refractivity contribution < 1.29 is 9.47 Å². The van der Waals surface area contributed by atoms with Gasteiger partial charge >= 0.3 is 0 Å². The first kappa shape index (κ1) is 17.7. The summed E-state index contributed by atoms with van der Waals surface area (Å²) < 4.78 is 10.4. The van der Waals surface area contributed by atoms with Crippen molar-refractivity contribution in [3.05, 3.63) is 11.9 Å². The Kier molecular flexibility index (Phi) is 9.48. The number of hydrogen-bond donors (Lipinski definition) is 2. The molecule has 0 spiro atoms. The lowest BCUT2D eigenvalue weighted by Gasteiger charge is -2.10. The fourth-order valence-corrected chi connectivity index (χ4v) is 1.88. The third-order valence-electron chi connectivity index (χ3n) is 2.90. The fourth-order valence-electron chi connectivity index (χ4n) is 1.88. The number of nitrogens with one attached hydrogen (secondary N) is 2. The molecule has 6 heteroatoms. The van der Waals surface area contributed by atoms with Crippen molar-refractivity contribution in [2.75, 3.05) is 44.0 Å². The molecule has 0 aliphatic heterocycles. The van der Waals surface area contributed by atoms with E-state index in [1.165, 1.54) is 0 Å². The summed E-state index contributed by atoms with van der Waals surface area (Å²) in [6, 6.07) is 1.94. The molecular weight excluding hydrogens is 268 g/mol. The van der Waals surface area contributed by atoms with Crippen LogP contribution in [0.3, 0.4) is 0 Å².